The first-order chi connectivity index (χ1) is 9.61. The van der Waals surface area contributed by atoms with Crippen molar-refractivity contribution in [2.24, 2.45) is 5.92 Å². The summed E-state index contributed by atoms with van der Waals surface area (Å²) in [5.41, 5.74) is 1.11. The van der Waals surface area contributed by atoms with Gasteiger partial charge in [-0.25, -0.2) is 4.98 Å². The molecule has 0 spiro atoms. The number of thiazole rings is 1. The van der Waals surface area contributed by atoms with Gasteiger partial charge in [0.15, 0.2) is 0 Å². The van der Waals surface area contributed by atoms with Crippen LogP contribution >= 0.6 is 11.3 Å². The number of hydrogen-bond donors (Lipinski definition) is 1. The third-order valence-corrected chi connectivity index (χ3v) is 5.47. The first-order valence-electron chi connectivity index (χ1n) is 7.40. The summed E-state index contributed by atoms with van der Waals surface area (Å²) in [5.74, 6) is 0.481. The maximum Gasteiger partial charge on any atom is 0.113 e. The molecule has 1 aliphatic heterocycles. The Labute approximate surface area is 125 Å². The van der Waals surface area contributed by atoms with Gasteiger partial charge in [0.2, 0.25) is 0 Å². The van der Waals surface area contributed by atoms with Crippen LogP contribution in [0.3, 0.4) is 0 Å². The van der Waals surface area contributed by atoms with Crippen molar-refractivity contribution in [1.29, 1.82) is 0 Å². The highest BCUT2D eigenvalue weighted by Gasteiger charge is 2.40. The Hall–Kier alpha value is -0.490. The lowest BCUT2D eigenvalue weighted by Crippen LogP contribution is -2.47. The maximum atomic E-state index is 5.60. The number of rotatable bonds is 7. The van der Waals surface area contributed by atoms with Crippen LogP contribution in [-0.4, -0.2) is 38.5 Å². The van der Waals surface area contributed by atoms with E-state index in [0.717, 1.165) is 32.6 Å². The fourth-order valence-electron chi connectivity index (χ4n) is 2.78. The third kappa shape index (κ3) is 3.22. The lowest BCUT2D eigenvalue weighted by atomic mass is 9.85. The summed E-state index contributed by atoms with van der Waals surface area (Å²) in [4.78, 5) is 6.22. The van der Waals surface area contributed by atoms with Gasteiger partial charge >= 0.3 is 0 Å². The SMILES string of the molecule is CCc1nc(C(C)(NCCOC)C2CCOC2)sc1C. The van der Waals surface area contributed by atoms with Gasteiger partial charge in [0.05, 0.1) is 24.4 Å². The van der Waals surface area contributed by atoms with Gasteiger partial charge in [-0.15, -0.1) is 11.3 Å². The predicted octanol–water partition coefficient (Wildman–Crippen LogP) is 2.50. The Kier molecular flexibility index (Phi) is 5.55. The molecule has 5 heteroatoms. The number of aryl methyl sites for hydroxylation is 2. The first kappa shape index (κ1) is 15.9. The van der Waals surface area contributed by atoms with Crippen LogP contribution < -0.4 is 5.32 Å². The van der Waals surface area contributed by atoms with E-state index in [2.05, 4.69) is 26.1 Å². The Bertz CT molecular complexity index is 430. The molecular weight excluding hydrogens is 272 g/mol. The molecule has 1 aromatic rings. The van der Waals surface area contributed by atoms with Crippen LogP contribution in [0.2, 0.25) is 0 Å². The van der Waals surface area contributed by atoms with Crippen molar-refractivity contribution in [1.82, 2.24) is 10.3 Å². The van der Waals surface area contributed by atoms with E-state index in [0.29, 0.717) is 12.5 Å². The van der Waals surface area contributed by atoms with E-state index in [1.807, 2.05) is 11.3 Å². The van der Waals surface area contributed by atoms with Gasteiger partial charge in [-0.3, -0.25) is 0 Å². The molecule has 4 nitrogen and oxygen atoms in total. The molecule has 1 saturated heterocycles. The molecule has 0 aromatic carbocycles. The zero-order valence-corrected chi connectivity index (χ0v) is 13.8. The van der Waals surface area contributed by atoms with Crippen LogP contribution in [0, 0.1) is 12.8 Å². The normalized spacial score (nSPS) is 22.1. The number of hydrogen-bond acceptors (Lipinski definition) is 5. The molecule has 20 heavy (non-hydrogen) atoms. The fraction of sp³-hybridized carbons (Fsp3) is 0.800. The fourth-order valence-corrected chi connectivity index (χ4v) is 3.98. The van der Waals surface area contributed by atoms with Gasteiger partial charge in [-0.2, -0.15) is 0 Å². The first-order valence-corrected chi connectivity index (χ1v) is 8.22. The molecule has 1 aromatic heterocycles. The van der Waals surface area contributed by atoms with E-state index in [9.17, 15) is 0 Å². The molecule has 2 heterocycles. The molecule has 1 N–H and O–H groups in total. The van der Waals surface area contributed by atoms with E-state index in [-0.39, 0.29) is 5.54 Å². The summed E-state index contributed by atoms with van der Waals surface area (Å²) in [6.45, 7) is 9.83. The second-order valence-corrected chi connectivity index (χ2v) is 6.76. The van der Waals surface area contributed by atoms with Gasteiger partial charge in [0.25, 0.3) is 0 Å². The van der Waals surface area contributed by atoms with Crippen molar-refractivity contribution < 1.29 is 9.47 Å². The topological polar surface area (TPSA) is 43.4 Å². The van der Waals surface area contributed by atoms with Gasteiger partial charge in [-0.1, -0.05) is 6.92 Å². The molecule has 0 bridgehead atoms. The minimum absolute atomic E-state index is 0.113. The number of aromatic nitrogens is 1. The van der Waals surface area contributed by atoms with Crippen molar-refractivity contribution >= 4 is 11.3 Å². The molecule has 2 rings (SSSR count). The Morgan fingerprint density at radius 2 is 2.35 bits per heavy atom. The molecule has 114 valence electrons. The van der Waals surface area contributed by atoms with Crippen LogP contribution in [0.4, 0.5) is 0 Å². The highest BCUT2D eigenvalue weighted by Crippen LogP contribution is 2.37. The van der Waals surface area contributed by atoms with Gasteiger partial charge in [0, 0.05) is 31.1 Å². The van der Waals surface area contributed by atoms with Crippen molar-refractivity contribution in [3.8, 4) is 0 Å². The van der Waals surface area contributed by atoms with Crippen LogP contribution in [0.15, 0.2) is 0 Å². The lowest BCUT2D eigenvalue weighted by molar-refractivity contribution is 0.138. The van der Waals surface area contributed by atoms with Crippen LogP contribution in [-0.2, 0) is 21.4 Å². The number of nitrogens with one attached hydrogen (secondary N) is 1. The summed E-state index contributed by atoms with van der Waals surface area (Å²) in [7, 11) is 1.74. The molecule has 0 amide bonds. The molecule has 1 aliphatic rings. The summed E-state index contributed by atoms with van der Waals surface area (Å²) in [5, 5.41) is 4.86. The quantitative estimate of drug-likeness (QED) is 0.786. The second-order valence-electron chi connectivity index (χ2n) is 5.56. The van der Waals surface area contributed by atoms with E-state index in [4.69, 9.17) is 14.5 Å². The highest BCUT2D eigenvalue weighted by atomic mass is 32.1. The Balaban J connectivity index is 2.23. The number of methoxy groups -OCH3 is 1. The molecule has 0 radical (unpaired) electrons. The lowest BCUT2D eigenvalue weighted by Gasteiger charge is -2.34. The summed E-state index contributed by atoms with van der Waals surface area (Å²) in [6.07, 6.45) is 2.09. The number of nitrogens with zero attached hydrogens (tertiary/aromatic N) is 1. The molecule has 2 unspecified atom stereocenters. The summed E-state index contributed by atoms with van der Waals surface area (Å²) >= 11 is 1.82. The molecule has 0 aliphatic carbocycles. The van der Waals surface area contributed by atoms with Crippen LogP contribution in [0.5, 0.6) is 0 Å². The maximum absolute atomic E-state index is 5.60. The van der Waals surface area contributed by atoms with Crippen molar-refractivity contribution in [3.63, 3.8) is 0 Å². The molecule has 2 atom stereocenters. The minimum atomic E-state index is -0.113. The van der Waals surface area contributed by atoms with E-state index in [1.54, 1.807) is 7.11 Å². The van der Waals surface area contributed by atoms with E-state index >= 15 is 0 Å². The van der Waals surface area contributed by atoms with E-state index in [1.165, 1.54) is 15.6 Å². The van der Waals surface area contributed by atoms with E-state index < -0.39 is 0 Å². The Morgan fingerprint density at radius 3 is 2.90 bits per heavy atom. The smallest absolute Gasteiger partial charge is 0.113 e. The average molecular weight is 298 g/mol. The van der Waals surface area contributed by atoms with Crippen LogP contribution in [0.25, 0.3) is 0 Å². The summed E-state index contributed by atoms with van der Waals surface area (Å²) in [6, 6.07) is 0. The average Bonchev–Trinajstić information content (AvgIpc) is 3.08. The van der Waals surface area contributed by atoms with Crippen LogP contribution in [0.1, 0.15) is 35.8 Å². The monoisotopic (exact) mass is 298 g/mol. The number of ether oxygens (including phenoxy) is 2. The zero-order chi connectivity index (χ0) is 14.6. The van der Waals surface area contributed by atoms with Crippen molar-refractivity contribution in [3.05, 3.63) is 15.6 Å². The standard InChI is InChI=1S/C15H26N2O2S/c1-5-13-11(2)20-14(17-13)15(3,16-7-9-18-4)12-6-8-19-10-12/h12,16H,5-10H2,1-4H3. The molecule has 1 fully saturated rings. The predicted molar refractivity (Wildman–Crippen MR) is 82.4 cm³/mol. The zero-order valence-electron chi connectivity index (χ0n) is 13.0. The minimum Gasteiger partial charge on any atom is -0.383 e. The van der Waals surface area contributed by atoms with Gasteiger partial charge in [0.1, 0.15) is 5.01 Å². The van der Waals surface area contributed by atoms with Crippen molar-refractivity contribution in [2.45, 2.75) is 39.2 Å². The van der Waals surface area contributed by atoms with Crippen molar-refractivity contribution in [2.75, 3.05) is 33.5 Å². The van der Waals surface area contributed by atoms with Gasteiger partial charge in [-0.05, 0) is 26.7 Å². The highest BCUT2D eigenvalue weighted by molar-refractivity contribution is 7.11. The summed E-state index contributed by atoms with van der Waals surface area (Å²) < 4.78 is 10.8. The third-order valence-electron chi connectivity index (χ3n) is 4.22. The van der Waals surface area contributed by atoms with Gasteiger partial charge < -0.3 is 14.8 Å². The molecular formula is C15H26N2O2S. The Morgan fingerprint density at radius 1 is 1.55 bits per heavy atom. The second kappa shape index (κ2) is 6.98. The molecule has 0 saturated carbocycles. The largest absolute Gasteiger partial charge is 0.383 e.